The molecule has 0 radical (unpaired) electrons. The molecule has 3 aliphatic heterocycles. The monoisotopic (exact) mass is 606 g/mol. The summed E-state index contributed by atoms with van der Waals surface area (Å²) in [4.78, 5) is 45.5. The molecule has 6 bridgehead atoms. The summed E-state index contributed by atoms with van der Waals surface area (Å²) in [6.45, 7) is 0.362. The lowest BCUT2D eigenvalue weighted by Gasteiger charge is -2.21. The van der Waals surface area contributed by atoms with Crippen LogP contribution in [0.5, 0.6) is 11.5 Å². The minimum absolute atomic E-state index is 0.111. The number of benzene rings is 3. The minimum Gasteiger partial charge on any atom is -0.486 e. The highest BCUT2D eigenvalue weighted by Crippen LogP contribution is 2.27. The Morgan fingerprint density at radius 1 is 0.933 bits per heavy atom. The van der Waals surface area contributed by atoms with E-state index in [0.717, 1.165) is 5.56 Å². The van der Waals surface area contributed by atoms with Crippen molar-refractivity contribution in [2.45, 2.75) is 18.7 Å². The quantitative estimate of drug-likeness (QED) is 0.300. The van der Waals surface area contributed by atoms with E-state index in [1.165, 1.54) is 22.8 Å². The summed E-state index contributed by atoms with van der Waals surface area (Å²) in [6, 6.07) is 21.2. The van der Waals surface area contributed by atoms with Crippen LogP contribution >= 0.6 is 0 Å². The zero-order valence-electron chi connectivity index (χ0n) is 23.9. The highest BCUT2D eigenvalue weighted by molar-refractivity contribution is 5.96. The minimum atomic E-state index is -0.696. The molecule has 3 aromatic carbocycles. The number of amides is 3. The van der Waals surface area contributed by atoms with Crippen LogP contribution in [0.1, 0.15) is 26.4 Å². The van der Waals surface area contributed by atoms with Gasteiger partial charge in [0.25, 0.3) is 17.7 Å². The molecule has 45 heavy (non-hydrogen) atoms. The van der Waals surface area contributed by atoms with Gasteiger partial charge in [-0.25, -0.2) is 13.9 Å². The number of carbonyl (C=O) groups excluding carboxylic acids is 3. The van der Waals surface area contributed by atoms with Gasteiger partial charge in [0.05, 0.1) is 24.3 Å². The fraction of sp³-hybridized carbons (Fsp3) is 0.182. The number of ether oxygens (including phenoxy) is 2. The van der Waals surface area contributed by atoms with Crippen molar-refractivity contribution in [3.63, 3.8) is 0 Å². The van der Waals surface area contributed by atoms with Gasteiger partial charge in [-0.3, -0.25) is 14.4 Å². The van der Waals surface area contributed by atoms with E-state index in [9.17, 15) is 14.4 Å². The first-order valence-corrected chi connectivity index (χ1v) is 14.4. The number of hydrogen-bond donors (Lipinski definition) is 2. The van der Waals surface area contributed by atoms with Crippen LogP contribution in [0.4, 0.5) is 4.39 Å². The summed E-state index contributed by atoms with van der Waals surface area (Å²) >= 11 is 0. The maximum Gasteiger partial charge on any atom is 0.274 e. The normalized spacial score (nSPS) is 18.4. The van der Waals surface area contributed by atoms with E-state index in [1.54, 1.807) is 65.7 Å². The van der Waals surface area contributed by atoms with Gasteiger partial charge in [-0.15, -0.1) is 0 Å². The molecule has 0 saturated carbocycles. The number of carbonyl (C=O) groups is 3. The van der Waals surface area contributed by atoms with Crippen molar-refractivity contribution in [2.75, 3.05) is 19.7 Å². The smallest absolute Gasteiger partial charge is 0.274 e. The van der Waals surface area contributed by atoms with E-state index < -0.39 is 23.9 Å². The predicted molar refractivity (Wildman–Crippen MR) is 160 cm³/mol. The number of likely N-dealkylation sites (tertiary alicyclic amines) is 1. The van der Waals surface area contributed by atoms with Crippen molar-refractivity contribution in [1.82, 2.24) is 30.1 Å². The molecule has 2 aromatic heterocycles. The van der Waals surface area contributed by atoms with Crippen LogP contribution in [0.15, 0.2) is 91.3 Å². The van der Waals surface area contributed by atoms with Crippen LogP contribution in [0.3, 0.4) is 0 Å². The third kappa shape index (κ3) is 5.77. The lowest BCUT2D eigenvalue weighted by Crippen LogP contribution is -2.45. The number of nitrogens with one attached hydrogen (secondary N) is 2. The van der Waals surface area contributed by atoms with Gasteiger partial charge < -0.3 is 25.0 Å². The van der Waals surface area contributed by atoms with E-state index in [-0.39, 0.29) is 42.8 Å². The third-order valence-electron chi connectivity index (χ3n) is 7.82. The summed E-state index contributed by atoms with van der Waals surface area (Å²) in [7, 11) is 0. The van der Waals surface area contributed by atoms with Crippen molar-refractivity contribution < 1.29 is 28.2 Å². The Labute approximate surface area is 256 Å². The Morgan fingerprint density at radius 3 is 2.64 bits per heavy atom. The van der Waals surface area contributed by atoms with Crippen LogP contribution in [0.25, 0.3) is 16.8 Å². The zero-order chi connectivity index (χ0) is 30.9. The van der Waals surface area contributed by atoms with Gasteiger partial charge in [0, 0.05) is 19.3 Å². The number of aromatic nitrogens is 3. The lowest BCUT2D eigenvalue weighted by molar-refractivity contribution is -0.123. The molecule has 5 heterocycles. The van der Waals surface area contributed by atoms with Gasteiger partial charge in [0.2, 0.25) is 0 Å². The fourth-order valence-corrected chi connectivity index (χ4v) is 5.49. The van der Waals surface area contributed by atoms with E-state index >= 15 is 4.39 Å². The second kappa shape index (κ2) is 11.7. The van der Waals surface area contributed by atoms with E-state index in [1.807, 2.05) is 12.1 Å². The summed E-state index contributed by atoms with van der Waals surface area (Å²) in [6.07, 6.45) is 2.37. The zero-order valence-corrected chi connectivity index (χ0v) is 23.9. The number of nitrogens with zero attached hydrogens (tertiary/aromatic N) is 4. The molecule has 1 saturated heterocycles. The number of rotatable bonds is 1. The SMILES string of the molecule is O=C1COc2cccc(c2)-c2ccc(F)c(c2)C(=O)N[C@H]2CN(C(=O)c3cnc4cccnn34)C[C@@H]2Oc2ccc(cc2)CN1. The Hall–Kier alpha value is -5.78. The number of imidazole rings is 1. The second-order valence-corrected chi connectivity index (χ2v) is 10.8. The molecule has 2 atom stereocenters. The molecule has 5 aromatic rings. The molecular formula is C33H27FN6O5. The molecule has 0 aliphatic carbocycles. The molecule has 2 N–H and O–H groups in total. The van der Waals surface area contributed by atoms with E-state index in [4.69, 9.17) is 9.47 Å². The molecule has 8 rings (SSSR count). The number of halogens is 1. The molecular weight excluding hydrogens is 579 g/mol. The Bertz CT molecular complexity index is 1930. The molecule has 11 nitrogen and oxygen atoms in total. The Kier molecular flexibility index (Phi) is 7.30. The van der Waals surface area contributed by atoms with Crippen molar-refractivity contribution in [1.29, 1.82) is 0 Å². The predicted octanol–water partition coefficient (Wildman–Crippen LogP) is 3.25. The second-order valence-electron chi connectivity index (χ2n) is 10.8. The molecule has 226 valence electrons. The van der Waals surface area contributed by atoms with Crippen molar-refractivity contribution in [3.8, 4) is 22.6 Å². The molecule has 3 aliphatic rings. The van der Waals surface area contributed by atoms with Crippen LogP contribution in [-0.4, -0.2) is 69.1 Å². The molecule has 3 amide bonds. The summed E-state index contributed by atoms with van der Waals surface area (Å²) in [5.41, 5.74) is 2.74. The van der Waals surface area contributed by atoms with Gasteiger partial charge >= 0.3 is 0 Å². The average Bonchev–Trinajstić information content (AvgIpc) is 3.67. The van der Waals surface area contributed by atoms with Gasteiger partial charge in [0.1, 0.15) is 23.4 Å². The van der Waals surface area contributed by atoms with Gasteiger partial charge in [0.15, 0.2) is 17.9 Å². The first-order valence-electron chi connectivity index (χ1n) is 14.4. The van der Waals surface area contributed by atoms with Gasteiger partial charge in [-0.05, 0) is 65.2 Å². The van der Waals surface area contributed by atoms with Crippen molar-refractivity contribution >= 4 is 23.4 Å². The van der Waals surface area contributed by atoms with Crippen LogP contribution in [-0.2, 0) is 11.3 Å². The molecule has 0 spiro atoms. The fourth-order valence-electron chi connectivity index (χ4n) is 5.49. The molecule has 12 heteroatoms. The van der Waals surface area contributed by atoms with Crippen LogP contribution in [0.2, 0.25) is 0 Å². The summed E-state index contributed by atoms with van der Waals surface area (Å²) in [5.74, 6) is -1.02. The Balaban J connectivity index is 1.22. The highest BCUT2D eigenvalue weighted by atomic mass is 19.1. The van der Waals surface area contributed by atoms with Crippen LogP contribution in [0, 0.1) is 5.82 Å². The average molecular weight is 607 g/mol. The van der Waals surface area contributed by atoms with Crippen molar-refractivity contribution in [2.24, 2.45) is 0 Å². The summed E-state index contributed by atoms with van der Waals surface area (Å²) < 4.78 is 28.5. The van der Waals surface area contributed by atoms with E-state index in [2.05, 4.69) is 20.7 Å². The van der Waals surface area contributed by atoms with Crippen molar-refractivity contribution in [3.05, 3.63) is 114 Å². The largest absolute Gasteiger partial charge is 0.486 e. The Morgan fingerprint density at radius 2 is 1.78 bits per heavy atom. The topological polar surface area (TPSA) is 127 Å². The van der Waals surface area contributed by atoms with Gasteiger partial charge in [-0.1, -0.05) is 30.3 Å². The first kappa shape index (κ1) is 28.0. The summed E-state index contributed by atoms with van der Waals surface area (Å²) in [5, 5.41) is 9.99. The molecule has 0 unspecified atom stereocenters. The maximum absolute atomic E-state index is 15.1. The first-order chi connectivity index (χ1) is 21.9. The molecule has 1 fully saturated rings. The highest BCUT2D eigenvalue weighted by Gasteiger charge is 2.39. The number of fused-ring (bicyclic) bond motifs is 8. The number of hydrogen-bond acceptors (Lipinski definition) is 7. The standard InChI is InChI=1S/C33H27FN6O5/c34-26-11-8-22-14-25(26)32(42)38-27-17-39(33(43)28-16-35-30-5-2-12-37-40(28)30)18-29(27)45-23-9-6-20(7-10-23)15-36-31(41)19-44-24-4-1-3-21(22)13-24/h1-14,16,27,29H,15,17-19H2,(H,36,41)(H,38,42)/t27-,29-/m0/s1. The maximum atomic E-state index is 15.1. The van der Waals surface area contributed by atoms with Crippen LogP contribution < -0.4 is 20.1 Å². The lowest BCUT2D eigenvalue weighted by atomic mass is 10.0. The van der Waals surface area contributed by atoms with E-state index in [0.29, 0.717) is 34.8 Å². The third-order valence-corrected chi connectivity index (χ3v) is 7.82. The van der Waals surface area contributed by atoms with Gasteiger partial charge in [-0.2, -0.15) is 5.10 Å².